The molecular formula is C32H33N5O2. The first-order valence-corrected chi connectivity index (χ1v) is 13.1. The van der Waals surface area contributed by atoms with E-state index in [0.29, 0.717) is 23.3 Å². The van der Waals surface area contributed by atoms with Gasteiger partial charge >= 0.3 is 0 Å². The zero-order chi connectivity index (χ0) is 27.4. The third kappa shape index (κ3) is 6.06. The van der Waals surface area contributed by atoms with Gasteiger partial charge in [-0.3, -0.25) is 9.36 Å². The highest BCUT2D eigenvalue weighted by atomic mass is 16.3. The van der Waals surface area contributed by atoms with Crippen LogP contribution in [0.1, 0.15) is 22.3 Å². The van der Waals surface area contributed by atoms with Crippen molar-refractivity contribution in [3.05, 3.63) is 118 Å². The fraction of sp³-hybridized carbons (Fsp3) is 0.219. The molecule has 0 aliphatic carbocycles. The van der Waals surface area contributed by atoms with Gasteiger partial charge in [0.25, 0.3) is 5.56 Å². The average Bonchev–Trinajstić information content (AvgIpc) is 2.91. The molecule has 5 rings (SSSR count). The van der Waals surface area contributed by atoms with Gasteiger partial charge in [-0.05, 0) is 49.7 Å². The van der Waals surface area contributed by atoms with E-state index in [9.17, 15) is 9.90 Å². The molecule has 7 nitrogen and oxygen atoms in total. The second-order valence-electron chi connectivity index (χ2n) is 10.1. The Bertz CT molecular complexity index is 1640. The van der Waals surface area contributed by atoms with Crippen LogP contribution < -0.4 is 10.9 Å². The van der Waals surface area contributed by atoms with E-state index in [4.69, 9.17) is 0 Å². The molecule has 0 radical (unpaired) electrons. The molecule has 0 spiro atoms. The zero-order valence-corrected chi connectivity index (χ0v) is 22.6. The van der Waals surface area contributed by atoms with E-state index in [-0.39, 0.29) is 11.3 Å². The van der Waals surface area contributed by atoms with E-state index in [1.807, 2.05) is 24.4 Å². The van der Waals surface area contributed by atoms with Crippen molar-refractivity contribution < 1.29 is 5.11 Å². The van der Waals surface area contributed by atoms with E-state index in [1.54, 1.807) is 24.3 Å². The predicted octanol–water partition coefficient (Wildman–Crippen LogP) is 4.99. The van der Waals surface area contributed by atoms with Crippen molar-refractivity contribution >= 4 is 11.0 Å². The maximum atomic E-state index is 13.9. The summed E-state index contributed by atoms with van der Waals surface area (Å²) in [6.45, 7) is 7.11. The number of nitrogens with zero attached hydrogens (tertiary/aromatic N) is 4. The number of hydrogen-bond donors (Lipinski definition) is 2. The first-order chi connectivity index (χ1) is 18.9. The first-order valence-electron chi connectivity index (χ1n) is 13.1. The van der Waals surface area contributed by atoms with E-state index in [1.165, 1.54) is 16.5 Å². The van der Waals surface area contributed by atoms with Crippen LogP contribution >= 0.6 is 0 Å². The number of fused-ring (bicyclic) bond motifs is 1. The molecule has 39 heavy (non-hydrogen) atoms. The molecule has 2 aromatic heterocycles. The van der Waals surface area contributed by atoms with Crippen molar-refractivity contribution in [3.8, 4) is 22.6 Å². The van der Waals surface area contributed by atoms with Gasteiger partial charge in [0.15, 0.2) is 5.65 Å². The Morgan fingerprint density at radius 3 is 2.46 bits per heavy atom. The summed E-state index contributed by atoms with van der Waals surface area (Å²) >= 11 is 0. The van der Waals surface area contributed by atoms with Crippen LogP contribution in [0, 0.1) is 13.8 Å². The summed E-state index contributed by atoms with van der Waals surface area (Å²) in [4.78, 5) is 25.3. The highest BCUT2D eigenvalue weighted by Gasteiger charge is 2.18. The fourth-order valence-electron chi connectivity index (χ4n) is 4.96. The van der Waals surface area contributed by atoms with Crippen LogP contribution in [-0.4, -0.2) is 44.7 Å². The lowest BCUT2D eigenvalue weighted by molar-refractivity contribution is 0.325. The highest BCUT2D eigenvalue weighted by molar-refractivity contribution is 5.86. The van der Waals surface area contributed by atoms with Crippen LogP contribution in [0.3, 0.4) is 0 Å². The van der Waals surface area contributed by atoms with Gasteiger partial charge in [0.1, 0.15) is 12.1 Å². The van der Waals surface area contributed by atoms with Crippen molar-refractivity contribution in [2.45, 2.75) is 26.9 Å². The van der Waals surface area contributed by atoms with Crippen molar-refractivity contribution in [2.24, 2.45) is 0 Å². The van der Waals surface area contributed by atoms with Crippen molar-refractivity contribution in [3.63, 3.8) is 0 Å². The number of phenols is 1. The molecule has 7 heteroatoms. The summed E-state index contributed by atoms with van der Waals surface area (Å²) < 4.78 is 1.47. The van der Waals surface area contributed by atoms with E-state index < -0.39 is 0 Å². The standard InChI is InChI=1S/C32H33N5O2/c1-22-14-23(2)16-25(15-22)28-19-34-31-30(32(39)37(21-35-31)26-10-7-11-27(38)17-26)29(28)20-36(3)13-12-33-18-24-8-5-4-6-9-24/h4-11,14-17,19,21,33,38H,12-13,18,20H2,1-3H3. The minimum absolute atomic E-state index is 0.0876. The van der Waals surface area contributed by atoms with Gasteiger partial charge in [0.2, 0.25) is 0 Å². The lowest BCUT2D eigenvalue weighted by Gasteiger charge is -2.21. The number of likely N-dealkylation sites (N-methyl/N-ethyl adjacent to an activating group) is 1. The van der Waals surface area contributed by atoms with Crippen LogP contribution in [0.4, 0.5) is 0 Å². The Kier molecular flexibility index (Phi) is 7.81. The summed E-state index contributed by atoms with van der Waals surface area (Å²) in [5.74, 6) is 0.0876. The molecule has 0 fully saturated rings. The molecule has 0 saturated carbocycles. The second-order valence-corrected chi connectivity index (χ2v) is 10.1. The van der Waals surface area contributed by atoms with Crippen LogP contribution in [0.25, 0.3) is 27.8 Å². The van der Waals surface area contributed by atoms with E-state index >= 15 is 0 Å². The summed E-state index contributed by atoms with van der Waals surface area (Å²) in [6, 6.07) is 23.4. The number of benzene rings is 3. The minimum atomic E-state index is -0.213. The number of phenolic OH excluding ortho intramolecular Hbond substituents is 1. The highest BCUT2D eigenvalue weighted by Crippen LogP contribution is 2.30. The molecule has 0 bridgehead atoms. The number of rotatable bonds is 9. The number of aryl methyl sites for hydroxylation is 2. The summed E-state index contributed by atoms with van der Waals surface area (Å²) in [6.07, 6.45) is 3.31. The molecule has 0 aliphatic rings. The van der Waals surface area contributed by atoms with Crippen molar-refractivity contribution in [2.75, 3.05) is 20.1 Å². The Morgan fingerprint density at radius 1 is 0.949 bits per heavy atom. The smallest absolute Gasteiger partial charge is 0.267 e. The van der Waals surface area contributed by atoms with Gasteiger partial charge in [-0.25, -0.2) is 9.97 Å². The maximum Gasteiger partial charge on any atom is 0.267 e. The Hall–Kier alpha value is -4.33. The van der Waals surface area contributed by atoms with Crippen molar-refractivity contribution in [1.29, 1.82) is 0 Å². The number of hydrogen-bond acceptors (Lipinski definition) is 6. The molecule has 0 saturated heterocycles. The molecule has 198 valence electrons. The minimum Gasteiger partial charge on any atom is -0.508 e. The normalized spacial score (nSPS) is 11.4. The molecule has 2 heterocycles. The molecule has 3 aromatic carbocycles. The van der Waals surface area contributed by atoms with E-state index in [0.717, 1.165) is 47.5 Å². The van der Waals surface area contributed by atoms with Crippen LogP contribution in [0.5, 0.6) is 5.75 Å². The van der Waals surface area contributed by atoms with Crippen molar-refractivity contribution in [1.82, 2.24) is 24.8 Å². The first kappa shape index (κ1) is 26.3. The predicted molar refractivity (Wildman–Crippen MR) is 156 cm³/mol. The molecule has 0 aliphatic heterocycles. The lowest BCUT2D eigenvalue weighted by atomic mass is 9.96. The van der Waals surface area contributed by atoms with Gasteiger partial charge in [-0.15, -0.1) is 0 Å². The van der Waals surface area contributed by atoms with Crippen LogP contribution in [-0.2, 0) is 13.1 Å². The molecule has 5 aromatic rings. The number of aromatic hydroxyl groups is 1. The summed E-state index contributed by atoms with van der Waals surface area (Å²) in [5.41, 5.74) is 7.14. The van der Waals surface area contributed by atoms with Gasteiger partial charge in [-0.2, -0.15) is 0 Å². The Morgan fingerprint density at radius 2 is 1.72 bits per heavy atom. The lowest BCUT2D eigenvalue weighted by Crippen LogP contribution is -2.30. The Labute approximate surface area is 228 Å². The molecule has 0 unspecified atom stereocenters. The summed E-state index contributed by atoms with van der Waals surface area (Å²) in [7, 11) is 2.06. The largest absolute Gasteiger partial charge is 0.508 e. The van der Waals surface area contributed by atoms with Gasteiger partial charge in [0.05, 0.1) is 11.1 Å². The monoisotopic (exact) mass is 519 g/mol. The number of pyridine rings is 1. The van der Waals surface area contributed by atoms with E-state index in [2.05, 4.69) is 71.4 Å². The van der Waals surface area contributed by atoms with Gasteiger partial charge < -0.3 is 15.3 Å². The molecular weight excluding hydrogens is 486 g/mol. The molecule has 2 N–H and O–H groups in total. The van der Waals surface area contributed by atoms with Gasteiger partial charge in [-0.1, -0.05) is 65.7 Å². The topological polar surface area (TPSA) is 83.3 Å². The van der Waals surface area contributed by atoms with Gasteiger partial charge in [0, 0.05) is 44.0 Å². The quantitative estimate of drug-likeness (QED) is 0.267. The number of aromatic nitrogens is 3. The third-order valence-corrected chi connectivity index (χ3v) is 6.81. The Balaban J connectivity index is 1.53. The number of nitrogens with one attached hydrogen (secondary N) is 1. The SMILES string of the molecule is Cc1cc(C)cc(-c2cnc3ncn(-c4cccc(O)c4)c(=O)c3c2CN(C)CCNCc2ccccc2)c1. The molecule has 0 atom stereocenters. The second kappa shape index (κ2) is 11.6. The fourth-order valence-corrected chi connectivity index (χ4v) is 4.96. The third-order valence-electron chi connectivity index (χ3n) is 6.81. The average molecular weight is 520 g/mol. The van der Waals surface area contributed by atoms with Crippen LogP contribution in [0.2, 0.25) is 0 Å². The zero-order valence-electron chi connectivity index (χ0n) is 22.6. The molecule has 0 amide bonds. The van der Waals surface area contributed by atoms with Crippen LogP contribution in [0.15, 0.2) is 90.1 Å². The summed E-state index contributed by atoms with van der Waals surface area (Å²) in [5, 5.41) is 14.0. The maximum absolute atomic E-state index is 13.9.